The van der Waals surface area contributed by atoms with Gasteiger partial charge in [-0.15, -0.1) is 0 Å². The smallest absolute Gasteiger partial charge is 0.237 e. The molecule has 0 aromatic carbocycles. The fraction of sp³-hybridized carbons (Fsp3) is 0.824. The van der Waals surface area contributed by atoms with Crippen molar-refractivity contribution in [1.82, 2.24) is 15.5 Å². The third kappa shape index (κ3) is 5.17. The highest BCUT2D eigenvalue weighted by molar-refractivity contribution is 5.80. The van der Waals surface area contributed by atoms with E-state index >= 15 is 0 Å². The quantitative estimate of drug-likeness (QED) is 0.764. The van der Waals surface area contributed by atoms with Crippen LogP contribution < -0.4 is 10.6 Å². The van der Waals surface area contributed by atoms with E-state index in [1.54, 1.807) is 0 Å². The number of carbonyl (C=O) groups is 2. The van der Waals surface area contributed by atoms with Gasteiger partial charge in [0.15, 0.2) is 0 Å². The molecule has 134 valence electrons. The number of amides is 2. The lowest BCUT2D eigenvalue weighted by Gasteiger charge is -2.28. The number of nitrogens with one attached hydrogen (secondary N) is 2. The number of hydrogen-bond donors (Lipinski definition) is 2. The van der Waals surface area contributed by atoms with E-state index in [-0.39, 0.29) is 43.8 Å². The molecule has 0 spiro atoms. The Morgan fingerprint density at radius 1 is 1.33 bits per heavy atom. The summed E-state index contributed by atoms with van der Waals surface area (Å²) in [6, 6.07) is 1.55. The lowest BCUT2D eigenvalue weighted by molar-refractivity contribution is -0.131. The van der Waals surface area contributed by atoms with E-state index in [2.05, 4.69) is 10.6 Å². The SMILES string of the molecule is CC(C)(CC(=O)NC1CCCC1)NCC(=O)N1C[C@@H](F)C[C@H]1C#N. The Morgan fingerprint density at radius 3 is 2.62 bits per heavy atom. The van der Waals surface area contributed by atoms with E-state index in [1.807, 2.05) is 19.9 Å². The van der Waals surface area contributed by atoms with Gasteiger partial charge in [-0.1, -0.05) is 12.8 Å². The van der Waals surface area contributed by atoms with Crippen LogP contribution in [-0.2, 0) is 9.59 Å². The first-order chi connectivity index (χ1) is 11.3. The summed E-state index contributed by atoms with van der Waals surface area (Å²) < 4.78 is 13.4. The van der Waals surface area contributed by atoms with Crippen molar-refractivity contribution in [2.45, 2.75) is 76.2 Å². The highest BCUT2D eigenvalue weighted by Crippen LogP contribution is 2.20. The molecule has 1 saturated heterocycles. The molecular weight excluding hydrogens is 311 g/mol. The molecule has 2 fully saturated rings. The van der Waals surface area contributed by atoms with Gasteiger partial charge >= 0.3 is 0 Å². The fourth-order valence-corrected chi connectivity index (χ4v) is 3.41. The van der Waals surface area contributed by atoms with Gasteiger partial charge in [-0.2, -0.15) is 5.26 Å². The Morgan fingerprint density at radius 2 is 2.00 bits per heavy atom. The Bertz CT molecular complexity index is 511. The van der Waals surface area contributed by atoms with Crippen molar-refractivity contribution >= 4 is 11.8 Å². The third-order valence-corrected chi connectivity index (χ3v) is 4.76. The molecule has 0 radical (unpaired) electrons. The number of hydrogen-bond acceptors (Lipinski definition) is 4. The first kappa shape index (κ1) is 18.7. The van der Waals surface area contributed by atoms with Crippen LogP contribution >= 0.6 is 0 Å². The summed E-state index contributed by atoms with van der Waals surface area (Å²) in [5, 5.41) is 15.1. The molecular formula is C17H27FN4O2. The third-order valence-electron chi connectivity index (χ3n) is 4.76. The zero-order valence-electron chi connectivity index (χ0n) is 14.5. The molecule has 2 N–H and O–H groups in total. The number of alkyl halides is 1. The van der Waals surface area contributed by atoms with Crippen LogP contribution in [0.3, 0.4) is 0 Å². The Hall–Kier alpha value is -1.68. The van der Waals surface area contributed by atoms with Gasteiger partial charge in [0, 0.05) is 24.4 Å². The molecule has 0 unspecified atom stereocenters. The predicted molar refractivity (Wildman–Crippen MR) is 87.7 cm³/mol. The minimum absolute atomic E-state index is 0.00535. The van der Waals surface area contributed by atoms with E-state index in [0.717, 1.165) is 25.7 Å². The van der Waals surface area contributed by atoms with E-state index in [4.69, 9.17) is 5.26 Å². The molecule has 1 aliphatic carbocycles. The maximum Gasteiger partial charge on any atom is 0.237 e. The zero-order valence-corrected chi connectivity index (χ0v) is 14.5. The van der Waals surface area contributed by atoms with Crippen molar-refractivity contribution in [2.75, 3.05) is 13.1 Å². The van der Waals surface area contributed by atoms with Crippen molar-refractivity contribution in [3.8, 4) is 6.07 Å². The number of halogens is 1. The Labute approximate surface area is 142 Å². The van der Waals surface area contributed by atoms with Gasteiger partial charge in [0.1, 0.15) is 12.2 Å². The maximum absolute atomic E-state index is 13.4. The summed E-state index contributed by atoms with van der Waals surface area (Å²) in [7, 11) is 0. The molecule has 2 rings (SSSR count). The highest BCUT2D eigenvalue weighted by Gasteiger charge is 2.35. The van der Waals surface area contributed by atoms with Gasteiger partial charge in [0.2, 0.25) is 11.8 Å². The van der Waals surface area contributed by atoms with Gasteiger partial charge in [-0.05, 0) is 26.7 Å². The van der Waals surface area contributed by atoms with E-state index in [9.17, 15) is 14.0 Å². The van der Waals surface area contributed by atoms with Crippen molar-refractivity contribution in [3.05, 3.63) is 0 Å². The van der Waals surface area contributed by atoms with Crippen LogP contribution in [0.1, 0.15) is 52.4 Å². The standard InChI is InChI=1S/C17H27FN4O2/c1-17(2,8-15(23)21-13-5-3-4-6-13)20-10-16(24)22-11-12(18)7-14(22)9-19/h12-14,20H,3-8,10-11H2,1-2H3,(H,21,23)/t12-,14-/m0/s1. The summed E-state index contributed by atoms with van der Waals surface area (Å²) in [4.78, 5) is 25.6. The first-order valence-corrected chi connectivity index (χ1v) is 8.68. The van der Waals surface area contributed by atoms with Crippen LogP contribution in [0.2, 0.25) is 0 Å². The fourth-order valence-electron chi connectivity index (χ4n) is 3.41. The lowest BCUT2D eigenvalue weighted by Crippen LogP contribution is -2.50. The van der Waals surface area contributed by atoms with Crippen molar-refractivity contribution in [3.63, 3.8) is 0 Å². The molecule has 7 heteroatoms. The van der Waals surface area contributed by atoms with Crippen LogP contribution in [0.15, 0.2) is 0 Å². The van der Waals surface area contributed by atoms with Crippen LogP contribution in [0, 0.1) is 11.3 Å². The normalized spacial score (nSPS) is 24.8. The molecule has 1 aliphatic heterocycles. The number of carbonyl (C=O) groups excluding carboxylic acids is 2. The molecule has 1 saturated carbocycles. The second-order valence-electron chi connectivity index (χ2n) is 7.49. The van der Waals surface area contributed by atoms with Crippen LogP contribution in [0.25, 0.3) is 0 Å². The minimum atomic E-state index is -1.14. The van der Waals surface area contributed by atoms with E-state index in [0.29, 0.717) is 0 Å². The summed E-state index contributed by atoms with van der Waals surface area (Å²) in [5.41, 5.74) is -0.546. The average molecular weight is 338 g/mol. The number of nitriles is 1. The molecule has 0 bridgehead atoms. The number of rotatable bonds is 6. The van der Waals surface area contributed by atoms with Crippen molar-refractivity contribution in [1.29, 1.82) is 5.26 Å². The first-order valence-electron chi connectivity index (χ1n) is 8.68. The molecule has 0 aromatic heterocycles. The Kier molecular flexibility index (Phi) is 6.16. The summed E-state index contributed by atoms with van der Waals surface area (Å²) in [6.45, 7) is 3.69. The summed E-state index contributed by atoms with van der Waals surface area (Å²) in [5.74, 6) is -0.322. The van der Waals surface area contributed by atoms with Gasteiger partial charge in [0.05, 0.1) is 19.2 Å². The molecule has 24 heavy (non-hydrogen) atoms. The predicted octanol–water partition coefficient (Wildman–Crippen LogP) is 1.27. The second kappa shape index (κ2) is 7.93. The van der Waals surface area contributed by atoms with Gasteiger partial charge in [0.25, 0.3) is 0 Å². The van der Waals surface area contributed by atoms with Crippen LogP contribution in [0.5, 0.6) is 0 Å². The van der Waals surface area contributed by atoms with Crippen molar-refractivity contribution < 1.29 is 14.0 Å². The lowest BCUT2D eigenvalue weighted by atomic mass is 9.99. The monoisotopic (exact) mass is 338 g/mol. The zero-order chi connectivity index (χ0) is 17.7. The molecule has 2 amide bonds. The van der Waals surface area contributed by atoms with Gasteiger partial charge in [-0.3, -0.25) is 9.59 Å². The molecule has 6 nitrogen and oxygen atoms in total. The summed E-state index contributed by atoms with van der Waals surface area (Å²) in [6.07, 6.45) is 3.60. The second-order valence-corrected chi connectivity index (χ2v) is 7.49. The van der Waals surface area contributed by atoms with Gasteiger partial charge in [-0.25, -0.2) is 4.39 Å². The Balaban J connectivity index is 1.77. The van der Waals surface area contributed by atoms with E-state index < -0.39 is 17.8 Å². The largest absolute Gasteiger partial charge is 0.353 e. The minimum Gasteiger partial charge on any atom is -0.353 e. The van der Waals surface area contributed by atoms with Gasteiger partial charge < -0.3 is 15.5 Å². The molecule has 1 heterocycles. The number of nitrogens with zero attached hydrogens (tertiary/aromatic N) is 2. The number of likely N-dealkylation sites (tertiary alicyclic amines) is 1. The van der Waals surface area contributed by atoms with E-state index in [1.165, 1.54) is 4.90 Å². The average Bonchev–Trinajstić information content (AvgIpc) is 3.13. The molecule has 0 aromatic rings. The van der Waals surface area contributed by atoms with Crippen LogP contribution in [-0.4, -0.2) is 53.6 Å². The topological polar surface area (TPSA) is 85.2 Å². The highest BCUT2D eigenvalue weighted by atomic mass is 19.1. The van der Waals surface area contributed by atoms with Crippen molar-refractivity contribution in [2.24, 2.45) is 0 Å². The maximum atomic E-state index is 13.4. The molecule has 2 aliphatic rings. The summed E-state index contributed by atoms with van der Waals surface area (Å²) >= 11 is 0. The molecule has 2 atom stereocenters. The van der Waals surface area contributed by atoms with Crippen LogP contribution in [0.4, 0.5) is 4.39 Å².